The molecular weight excluding hydrogens is 194 g/mol. The average molecular weight is 215 g/mol. The second kappa shape index (κ2) is 5.20. The second-order valence-corrected chi connectivity index (χ2v) is 4.58. The van der Waals surface area contributed by atoms with Gasteiger partial charge in [0.2, 0.25) is 0 Å². The molecule has 0 bridgehead atoms. The molecule has 86 valence electrons. The molecule has 1 aromatic carbocycles. The van der Waals surface area contributed by atoms with E-state index in [0.29, 0.717) is 0 Å². The molecule has 0 radical (unpaired) electrons. The van der Waals surface area contributed by atoms with Crippen molar-refractivity contribution in [1.29, 1.82) is 0 Å². The summed E-state index contributed by atoms with van der Waals surface area (Å²) in [7, 11) is 0. The van der Waals surface area contributed by atoms with E-state index in [9.17, 15) is 0 Å². The molecule has 1 heterocycles. The third-order valence-corrected chi connectivity index (χ3v) is 3.24. The summed E-state index contributed by atoms with van der Waals surface area (Å²) in [6.45, 7) is 5.62. The largest absolute Gasteiger partial charge is 0.347 e. The van der Waals surface area contributed by atoms with Crippen LogP contribution in [0.2, 0.25) is 0 Å². The summed E-state index contributed by atoms with van der Waals surface area (Å²) in [5.41, 5.74) is 2.78. The summed E-state index contributed by atoms with van der Waals surface area (Å²) in [6.07, 6.45) is 7.61. The number of aromatic nitrogens is 1. The van der Waals surface area contributed by atoms with E-state index in [-0.39, 0.29) is 0 Å². The van der Waals surface area contributed by atoms with Gasteiger partial charge < -0.3 is 4.57 Å². The molecule has 0 spiro atoms. The Morgan fingerprint density at radius 2 is 1.88 bits per heavy atom. The summed E-state index contributed by atoms with van der Waals surface area (Å²) in [4.78, 5) is 0. The average Bonchev–Trinajstić information content (AvgIpc) is 2.63. The van der Waals surface area contributed by atoms with Crippen molar-refractivity contribution in [1.82, 2.24) is 4.57 Å². The van der Waals surface area contributed by atoms with Crippen LogP contribution < -0.4 is 0 Å². The fraction of sp³-hybridized carbons (Fsp3) is 0.467. The minimum atomic E-state index is 1.16. The van der Waals surface area contributed by atoms with E-state index in [2.05, 4.69) is 48.9 Å². The number of rotatable bonds is 5. The Kier molecular flexibility index (Phi) is 3.66. The molecule has 16 heavy (non-hydrogen) atoms. The summed E-state index contributed by atoms with van der Waals surface area (Å²) in [6, 6.07) is 8.69. The maximum Gasteiger partial charge on any atom is 0.0483 e. The molecule has 0 amide bonds. The lowest BCUT2D eigenvalue weighted by Gasteiger charge is -2.04. The van der Waals surface area contributed by atoms with Gasteiger partial charge >= 0.3 is 0 Å². The van der Waals surface area contributed by atoms with Gasteiger partial charge in [-0.25, -0.2) is 0 Å². The van der Waals surface area contributed by atoms with Crippen molar-refractivity contribution in [2.45, 2.75) is 46.1 Å². The molecule has 0 N–H and O–H groups in total. The van der Waals surface area contributed by atoms with Crippen LogP contribution in [0.1, 0.15) is 38.2 Å². The summed E-state index contributed by atoms with van der Waals surface area (Å²) >= 11 is 0. The zero-order valence-electron chi connectivity index (χ0n) is 10.4. The van der Waals surface area contributed by atoms with Gasteiger partial charge in [0, 0.05) is 23.6 Å². The molecule has 0 aliphatic carbocycles. The lowest BCUT2D eigenvalue weighted by molar-refractivity contribution is 0.593. The fourth-order valence-corrected chi connectivity index (χ4v) is 2.32. The molecule has 2 rings (SSSR count). The topological polar surface area (TPSA) is 4.93 Å². The lowest BCUT2D eigenvalue weighted by atomic mass is 10.2. The van der Waals surface area contributed by atoms with Gasteiger partial charge in [0.25, 0.3) is 0 Å². The van der Waals surface area contributed by atoms with Crippen LogP contribution in [0.25, 0.3) is 10.9 Å². The second-order valence-electron chi connectivity index (χ2n) is 4.58. The molecule has 1 nitrogen and oxygen atoms in total. The molecule has 1 aromatic heterocycles. The summed E-state index contributed by atoms with van der Waals surface area (Å²) in [5, 5.41) is 1.40. The molecule has 1 heteroatoms. The van der Waals surface area contributed by atoms with E-state index >= 15 is 0 Å². The lowest BCUT2D eigenvalue weighted by Crippen LogP contribution is -1.95. The monoisotopic (exact) mass is 215 g/mol. The zero-order valence-corrected chi connectivity index (χ0v) is 10.4. The predicted octanol–water partition coefficient (Wildman–Crippen LogP) is 4.53. The molecule has 0 saturated carbocycles. The van der Waals surface area contributed by atoms with Crippen molar-refractivity contribution in [3.05, 3.63) is 36.0 Å². The van der Waals surface area contributed by atoms with Crippen LogP contribution in [0.3, 0.4) is 0 Å². The number of aryl methyl sites for hydroxylation is 2. The van der Waals surface area contributed by atoms with E-state index in [1.807, 2.05) is 0 Å². The molecule has 0 aliphatic rings. The normalized spacial score (nSPS) is 11.1. The fourth-order valence-electron chi connectivity index (χ4n) is 2.32. The highest BCUT2D eigenvalue weighted by molar-refractivity contribution is 5.83. The zero-order chi connectivity index (χ0) is 11.4. The Morgan fingerprint density at radius 3 is 2.69 bits per heavy atom. The maximum atomic E-state index is 2.40. The van der Waals surface area contributed by atoms with Crippen molar-refractivity contribution in [2.75, 3.05) is 0 Å². The van der Waals surface area contributed by atoms with Crippen molar-refractivity contribution >= 4 is 10.9 Å². The number of hydrogen-bond acceptors (Lipinski definition) is 0. The van der Waals surface area contributed by atoms with E-state index < -0.39 is 0 Å². The van der Waals surface area contributed by atoms with Crippen LogP contribution in [0.5, 0.6) is 0 Å². The Balaban J connectivity index is 2.12. The molecule has 0 atom stereocenters. The number of para-hydroxylation sites is 1. The molecule has 2 aromatic rings. The molecular formula is C15H21N. The first-order valence-corrected chi connectivity index (χ1v) is 6.37. The third kappa shape index (κ3) is 2.29. The third-order valence-electron chi connectivity index (χ3n) is 3.24. The first kappa shape index (κ1) is 11.3. The van der Waals surface area contributed by atoms with Gasteiger partial charge in [0.05, 0.1) is 0 Å². The van der Waals surface area contributed by atoms with Gasteiger partial charge in [-0.05, 0) is 25.0 Å². The quantitative estimate of drug-likeness (QED) is 0.646. The molecule has 0 unspecified atom stereocenters. The Hall–Kier alpha value is -1.24. The summed E-state index contributed by atoms with van der Waals surface area (Å²) < 4.78 is 2.40. The molecule has 0 aliphatic heterocycles. The van der Waals surface area contributed by atoms with Crippen molar-refractivity contribution in [3.63, 3.8) is 0 Å². The van der Waals surface area contributed by atoms with Crippen LogP contribution >= 0.6 is 0 Å². The highest BCUT2D eigenvalue weighted by atomic mass is 14.9. The van der Waals surface area contributed by atoms with E-state index in [1.54, 1.807) is 0 Å². The molecule has 0 saturated heterocycles. The van der Waals surface area contributed by atoms with Gasteiger partial charge in [0.15, 0.2) is 0 Å². The van der Waals surface area contributed by atoms with Gasteiger partial charge in [-0.1, -0.05) is 44.4 Å². The number of fused-ring (bicyclic) bond motifs is 1. The summed E-state index contributed by atoms with van der Waals surface area (Å²) in [5.74, 6) is 0. The number of hydrogen-bond donors (Lipinski definition) is 0. The van der Waals surface area contributed by atoms with Crippen LogP contribution in [0.4, 0.5) is 0 Å². The number of nitrogens with zero attached hydrogens (tertiary/aromatic N) is 1. The van der Waals surface area contributed by atoms with Gasteiger partial charge in [0.1, 0.15) is 0 Å². The first-order chi connectivity index (χ1) is 7.83. The Labute approximate surface area is 98.1 Å². The van der Waals surface area contributed by atoms with E-state index in [4.69, 9.17) is 0 Å². The van der Waals surface area contributed by atoms with Crippen molar-refractivity contribution < 1.29 is 0 Å². The van der Waals surface area contributed by atoms with E-state index in [0.717, 1.165) is 6.54 Å². The van der Waals surface area contributed by atoms with Crippen LogP contribution in [-0.2, 0) is 6.54 Å². The minimum Gasteiger partial charge on any atom is -0.347 e. The Bertz CT molecular complexity index is 453. The van der Waals surface area contributed by atoms with Crippen LogP contribution in [0, 0.1) is 6.92 Å². The molecule has 0 fully saturated rings. The standard InChI is InChI=1S/C15H21N/c1-3-4-5-8-11-16-12-13(2)14-9-6-7-10-15(14)16/h6-7,9-10,12H,3-5,8,11H2,1-2H3. The predicted molar refractivity (Wildman–Crippen MR) is 70.8 cm³/mol. The SMILES string of the molecule is CCCCCCn1cc(C)c2ccccc21. The van der Waals surface area contributed by atoms with Gasteiger partial charge in [-0.2, -0.15) is 0 Å². The Morgan fingerprint density at radius 1 is 1.06 bits per heavy atom. The van der Waals surface area contributed by atoms with Gasteiger partial charge in [-0.3, -0.25) is 0 Å². The van der Waals surface area contributed by atoms with Gasteiger partial charge in [-0.15, -0.1) is 0 Å². The minimum absolute atomic E-state index is 1.16. The van der Waals surface area contributed by atoms with Crippen LogP contribution in [0.15, 0.2) is 30.5 Å². The maximum absolute atomic E-state index is 2.40. The number of unbranched alkanes of at least 4 members (excludes halogenated alkanes) is 3. The highest BCUT2D eigenvalue weighted by Gasteiger charge is 2.03. The van der Waals surface area contributed by atoms with Crippen molar-refractivity contribution in [2.24, 2.45) is 0 Å². The highest BCUT2D eigenvalue weighted by Crippen LogP contribution is 2.20. The smallest absolute Gasteiger partial charge is 0.0483 e. The van der Waals surface area contributed by atoms with E-state index in [1.165, 1.54) is 42.1 Å². The first-order valence-electron chi connectivity index (χ1n) is 6.37. The van der Waals surface area contributed by atoms with Crippen molar-refractivity contribution in [3.8, 4) is 0 Å². The number of benzene rings is 1. The van der Waals surface area contributed by atoms with Crippen LogP contribution in [-0.4, -0.2) is 4.57 Å².